The highest BCUT2D eigenvalue weighted by Gasteiger charge is 2.17. The second-order valence-electron chi connectivity index (χ2n) is 4.26. The van der Waals surface area contributed by atoms with Crippen molar-refractivity contribution < 1.29 is 18.7 Å². The van der Waals surface area contributed by atoms with Crippen LogP contribution < -0.4 is 10.6 Å². The highest BCUT2D eigenvalue weighted by atomic mass is 19.3. The maximum Gasteiger partial charge on any atom is 0.319 e. The Bertz CT molecular complexity index is 599. The molecular weight excluding hydrogens is 266 g/mol. The van der Waals surface area contributed by atoms with Crippen molar-refractivity contribution in [2.45, 2.75) is 12.5 Å². The molecule has 0 spiro atoms. The summed E-state index contributed by atoms with van der Waals surface area (Å²) in [6.45, 7) is -0.506. The Morgan fingerprint density at radius 3 is 2.60 bits per heavy atom. The van der Waals surface area contributed by atoms with Crippen molar-refractivity contribution in [1.82, 2.24) is 5.32 Å². The lowest BCUT2D eigenvalue weighted by molar-refractivity contribution is -0.00155. The minimum atomic E-state index is -2.88. The zero-order valence-corrected chi connectivity index (χ0v) is 10.5. The fourth-order valence-electron chi connectivity index (χ4n) is 1.79. The average Bonchev–Trinajstić information content (AvgIpc) is 2.45. The van der Waals surface area contributed by atoms with Gasteiger partial charge in [0.15, 0.2) is 0 Å². The summed E-state index contributed by atoms with van der Waals surface area (Å²) >= 11 is 0. The molecule has 0 aliphatic carbocycles. The van der Waals surface area contributed by atoms with E-state index in [1.54, 1.807) is 12.1 Å². The smallest absolute Gasteiger partial charge is 0.319 e. The average molecular weight is 280 g/mol. The van der Waals surface area contributed by atoms with E-state index in [1.165, 1.54) is 0 Å². The van der Waals surface area contributed by atoms with Crippen molar-refractivity contribution in [2.24, 2.45) is 0 Å². The predicted molar refractivity (Wildman–Crippen MR) is 73.0 cm³/mol. The second-order valence-corrected chi connectivity index (χ2v) is 4.26. The van der Waals surface area contributed by atoms with Crippen molar-refractivity contribution in [1.29, 1.82) is 0 Å². The van der Waals surface area contributed by atoms with Crippen molar-refractivity contribution in [3.63, 3.8) is 0 Å². The number of urea groups is 1. The SMILES string of the molecule is O=C(NCC(O)C(F)F)Nc1cccc2ccccc12. The number of rotatable bonds is 4. The summed E-state index contributed by atoms with van der Waals surface area (Å²) in [7, 11) is 0. The molecule has 3 N–H and O–H groups in total. The molecule has 0 heterocycles. The van der Waals surface area contributed by atoms with E-state index in [4.69, 9.17) is 5.11 Å². The van der Waals surface area contributed by atoms with Crippen LogP contribution in [0.25, 0.3) is 10.8 Å². The number of carbonyl (C=O) groups excluding carboxylic acids is 1. The molecule has 2 amide bonds. The zero-order valence-electron chi connectivity index (χ0n) is 10.5. The fraction of sp³-hybridized carbons (Fsp3) is 0.214. The summed E-state index contributed by atoms with van der Waals surface area (Å²) in [4.78, 5) is 11.6. The lowest BCUT2D eigenvalue weighted by Crippen LogP contribution is -2.38. The van der Waals surface area contributed by atoms with E-state index >= 15 is 0 Å². The zero-order chi connectivity index (χ0) is 14.5. The van der Waals surface area contributed by atoms with Crippen LogP contribution in [0.4, 0.5) is 19.3 Å². The van der Waals surface area contributed by atoms with Gasteiger partial charge >= 0.3 is 6.03 Å². The minimum absolute atomic E-state index is 0.506. The number of carbonyl (C=O) groups is 1. The molecule has 0 saturated carbocycles. The number of benzene rings is 2. The Kier molecular flexibility index (Phi) is 4.47. The summed E-state index contributed by atoms with van der Waals surface area (Å²) in [5, 5.41) is 15.5. The normalized spacial score (nSPS) is 12.4. The van der Waals surface area contributed by atoms with Crippen molar-refractivity contribution in [2.75, 3.05) is 11.9 Å². The first-order valence-corrected chi connectivity index (χ1v) is 6.07. The molecule has 0 fully saturated rings. The number of alkyl halides is 2. The first-order valence-electron chi connectivity index (χ1n) is 6.07. The highest BCUT2D eigenvalue weighted by molar-refractivity contribution is 6.01. The van der Waals surface area contributed by atoms with Gasteiger partial charge in [-0.15, -0.1) is 0 Å². The number of anilines is 1. The monoisotopic (exact) mass is 280 g/mol. The molecule has 1 unspecified atom stereocenters. The van der Waals surface area contributed by atoms with Gasteiger partial charge in [-0.2, -0.15) is 0 Å². The summed E-state index contributed by atoms with van der Waals surface area (Å²) in [5.41, 5.74) is 0.576. The third-order valence-electron chi connectivity index (χ3n) is 2.80. The van der Waals surface area contributed by atoms with E-state index in [9.17, 15) is 13.6 Å². The number of aliphatic hydroxyl groups excluding tert-OH is 1. The predicted octanol–water partition coefficient (Wildman–Crippen LogP) is 2.59. The van der Waals surface area contributed by atoms with E-state index in [-0.39, 0.29) is 0 Å². The van der Waals surface area contributed by atoms with Gasteiger partial charge in [-0.1, -0.05) is 36.4 Å². The fourth-order valence-corrected chi connectivity index (χ4v) is 1.79. The van der Waals surface area contributed by atoms with Crippen LogP contribution in [0, 0.1) is 0 Å². The standard InChI is InChI=1S/C14H14F2N2O2/c15-13(16)12(19)8-17-14(20)18-11-7-3-5-9-4-1-2-6-10(9)11/h1-7,12-13,19H,8H2,(H2,17,18,20). The third kappa shape index (κ3) is 3.42. The largest absolute Gasteiger partial charge is 0.385 e. The summed E-state index contributed by atoms with van der Waals surface area (Å²) in [5.74, 6) is 0. The van der Waals surface area contributed by atoms with Gasteiger partial charge in [-0.25, -0.2) is 13.6 Å². The number of halogens is 2. The maximum absolute atomic E-state index is 12.1. The number of hydrogen-bond acceptors (Lipinski definition) is 2. The Balaban J connectivity index is 2.03. The van der Waals surface area contributed by atoms with E-state index in [1.807, 2.05) is 30.3 Å². The maximum atomic E-state index is 12.1. The molecule has 0 radical (unpaired) electrons. The van der Waals surface area contributed by atoms with Crippen LogP contribution in [0.1, 0.15) is 0 Å². The summed E-state index contributed by atoms with van der Waals surface area (Å²) in [6, 6.07) is 12.2. The molecule has 0 aromatic heterocycles. The van der Waals surface area contributed by atoms with Crippen molar-refractivity contribution in [3.05, 3.63) is 42.5 Å². The Morgan fingerprint density at radius 1 is 1.15 bits per heavy atom. The number of amides is 2. The van der Waals surface area contributed by atoms with Gasteiger partial charge in [-0.05, 0) is 11.5 Å². The summed E-state index contributed by atoms with van der Waals surface area (Å²) in [6.07, 6.45) is -4.75. The van der Waals surface area contributed by atoms with Crippen molar-refractivity contribution >= 4 is 22.5 Å². The van der Waals surface area contributed by atoms with Crippen molar-refractivity contribution in [3.8, 4) is 0 Å². The molecule has 2 rings (SSSR count). The molecule has 0 aliphatic rings. The lowest BCUT2D eigenvalue weighted by Gasteiger charge is -2.12. The molecule has 6 heteroatoms. The van der Waals surface area contributed by atoms with E-state index in [0.29, 0.717) is 5.69 Å². The number of fused-ring (bicyclic) bond motifs is 1. The molecule has 2 aromatic rings. The van der Waals surface area contributed by atoms with Gasteiger partial charge in [-0.3, -0.25) is 0 Å². The number of aliphatic hydroxyl groups is 1. The van der Waals surface area contributed by atoms with Crippen LogP contribution in [0.3, 0.4) is 0 Å². The molecule has 106 valence electrons. The molecule has 1 atom stereocenters. The van der Waals surface area contributed by atoms with Crippen LogP contribution in [0.15, 0.2) is 42.5 Å². The second kappa shape index (κ2) is 6.29. The molecule has 0 saturated heterocycles. The minimum Gasteiger partial charge on any atom is -0.385 e. The van der Waals surface area contributed by atoms with Gasteiger partial charge < -0.3 is 15.7 Å². The van der Waals surface area contributed by atoms with E-state index in [2.05, 4.69) is 10.6 Å². The van der Waals surface area contributed by atoms with Gasteiger partial charge in [0.1, 0.15) is 6.10 Å². The van der Waals surface area contributed by atoms with E-state index < -0.39 is 25.1 Å². The lowest BCUT2D eigenvalue weighted by atomic mass is 10.1. The molecule has 0 bridgehead atoms. The van der Waals surface area contributed by atoms with Gasteiger partial charge in [0.25, 0.3) is 6.43 Å². The molecule has 4 nitrogen and oxygen atoms in total. The first kappa shape index (κ1) is 14.2. The van der Waals surface area contributed by atoms with Crippen LogP contribution in [0.2, 0.25) is 0 Å². The molecular formula is C14H14F2N2O2. The van der Waals surface area contributed by atoms with Gasteiger partial charge in [0.05, 0.1) is 12.2 Å². The molecule has 20 heavy (non-hydrogen) atoms. The Morgan fingerprint density at radius 2 is 1.85 bits per heavy atom. The number of nitrogens with one attached hydrogen (secondary N) is 2. The quantitative estimate of drug-likeness (QED) is 0.806. The topological polar surface area (TPSA) is 61.4 Å². The van der Waals surface area contributed by atoms with Crippen LogP contribution in [0.5, 0.6) is 0 Å². The molecule has 2 aromatic carbocycles. The molecule has 0 aliphatic heterocycles. The van der Waals surface area contributed by atoms with Crippen LogP contribution in [-0.4, -0.2) is 30.2 Å². The first-order chi connectivity index (χ1) is 9.58. The van der Waals surface area contributed by atoms with Crippen LogP contribution in [-0.2, 0) is 0 Å². The van der Waals surface area contributed by atoms with E-state index in [0.717, 1.165) is 10.8 Å². The number of hydrogen-bond donors (Lipinski definition) is 3. The third-order valence-corrected chi connectivity index (χ3v) is 2.80. The Hall–Kier alpha value is -2.21. The highest BCUT2D eigenvalue weighted by Crippen LogP contribution is 2.22. The van der Waals surface area contributed by atoms with Gasteiger partial charge in [0, 0.05) is 5.39 Å². The summed E-state index contributed by atoms with van der Waals surface area (Å²) < 4.78 is 24.2. The Labute approximate surface area is 114 Å². The van der Waals surface area contributed by atoms with Crippen LogP contribution >= 0.6 is 0 Å². The van der Waals surface area contributed by atoms with Gasteiger partial charge in [0.2, 0.25) is 0 Å².